The van der Waals surface area contributed by atoms with Crippen LogP contribution in [0.4, 0.5) is 4.79 Å². The number of likely N-dealkylation sites (tertiary alicyclic amines) is 1. The molecule has 1 aliphatic rings. The van der Waals surface area contributed by atoms with E-state index >= 15 is 0 Å². The van der Waals surface area contributed by atoms with Crippen molar-refractivity contribution in [1.29, 1.82) is 5.26 Å². The van der Waals surface area contributed by atoms with Crippen LogP contribution in [0.25, 0.3) is 32.7 Å². The van der Waals surface area contributed by atoms with Crippen LogP contribution in [0.5, 0.6) is 0 Å². The molecule has 1 amide bonds. The fourth-order valence-corrected chi connectivity index (χ4v) is 3.28. The van der Waals surface area contributed by atoms with E-state index in [9.17, 15) is 9.59 Å². The number of carbonyl (C=O) groups is 1. The fraction of sp³-hybridized carbons (Fsp3) is 0.188. The molecule has 0 saturated carbocycles. The van der Waals surface area contributed by atoms with Gasteiger partial charge in [0.1, 0.15) is 11.2 Å². The predicted octanol–water partition coefficient (Wildman–Crippen LogP) is 1.29. The molecule has 0 unspecified atom stereocenters. The molecule has 4 aromatic rings. The van der Waals surface area contributed by atoms with Crippen LogP contribution in [0.2, 0.25) is 0 Å². The van der Waals surface area contributed by atoms with Gasteiger partial charge in [0.25, 0.3) is 0 Å². The van der Waals surface area contributed by atoms with Gasteiger partial charge in [-0.1, -0.05) is 0 Å². The smallest absolute Gasteiger partial charge is 0.344 e. The topological polar surface area (TPSA) is 108 Å². The number of hydrogen-bond acceptors (Lipinski definition) is 5. The predicted molar refractivity (Wildman–Crippen MR) is 85.8 cm³/mol. The highest BCUT2D eigenvalue weighted by Crippen LogP contribution is 2.29. The van der Waals surface area contributed by atoms with E-state index in [0.717, 1.165) is 10.8 Å². The van der Waals surface area contributed by atoms with E-state index in [0.29, 0.717) is 29.5 Å². The minimum atomic E-state index is -0.319. The van der Waals surface area contributed by atoms with Crippen LogP contribution < -0.4 is 5.43 Å². The number of amides is 1. The van der Waals surface area contributed by atoms with Gasteiger partial charge in [-0.2, -0.15) is 15.0 Å². The first-order valence-electron chi connectivity index (χ1n) is 7.47. The molecule has 1 N–H and O–H groups in total. The maximum absolute atomic E-state index is 12.6. The summed E-state index contributed by atoms with van der Waals surface area (Å²) in [6.07, 6.45) is 4.86. The maximum Gasteiger partial charge on any atom is 0.344 e. The van der Waals surface area contributed by atoms with Crippen LogP contribution in [-0.2, 0) is 0 Å². The molecule has 0 aliphatic carbocycles. The lowest BCUT2D eigenvalue weighted by Crippen LogP contribution is -2.51. The number of nitriles is 1. The van der Waals surface area contributed by atoms with Gasteiger partial charge < -0.3 is 9.88 Å². The molecule has 4 heterocycles. The van der Waals surface area contributed by atoms with Crippen LogP contribution in [0.3, 0.4) is 0 Å². The molecule has 1 saturated heterocycles. The summed E-state index contributed by atoms with van der Waals surface area (Å²) in [5, 5.41) is 15.7. The first kappa shape index (κ1) is 13.0. The molecule has 24 heavy (non-hydrogen) atoms. The molecule has 8 heteroatoms. The molecule has 8 nitrogen and oxygen atoms in total. The molecule has 3 aromatic heterocycles. The Hall–Kier alpha value is -3.47. The van der Waals surface area contributed by atoms with Crippen LogP contribution in [0.1, 0.15) is 0 Å². The van der Waals surface area contributed by atoms with Crippen molar-refractivity contribution in [1.82, 2.24) is 24.6 Å². The number of fused-ring (bicyclic) bond motifs is 2. The second-order valence-corrected chi connectivity index (χ2v) is 5.97. The van der Waals surface area contributed by atoms with Crippen LogP contribution in [0, 0.1) is 17.2 Å². The van der Waals surface area contributed by atoms with Gasteiger partial charge in [0.05, 0.1) is 17.4 Å². The summed E-state index contributed by atoms with van der Waals surface area (Å²) in [6, 6.07) is 3.66. The summed E-state index contributed by atoms with van der Waals surface area (Å²) in [7, 11) is 0. The number of carbonyl (C=O) groups excluding carboxylic acids is 1. The van der Waals surface area contributed by atoms with Crippen molar-refractivity contribution in [3.63, 3.8) is 0 Å². The first-order valence-corrected chi connectivity index (χ1v) is 7.47. The third kappa shape index (κ3) is 1.50. The fourth-order valence-electron chi connectivity index (χ4n) is 3.28. The van der Waals surface area contributed by atoms with Crippen molar-refractivity contribution in [2.24, 2.45) is 5.92 Å². The Morgan fingerprint density at radius 1 is 1.33 bits per heavy atom. The zero-order chi connectivity index (χ0) is 16.4. The molecule has 1 fully saturated rings. The maximum atomic E-state index is 12.6. The number of nitrogens with zero attached hydrogens (tertiary/aromatic N) is 5. The number of H-pyrrole nitrogens is 1. The van der Waals surface area contributed by atoms with Gasteiger partial charge in [0, 0.05) is 42.5 Å². The van der Waals surface area contributed by atoms with E-state index < -0.39 is 0 Å². The van der Waals surface area contributed by atoms with E-state index in [-0.39, 0.29) is 22.9 Å². The second-order valence-electron chi connectivity index (χ2n) is 5.97. The summed E-state index contributed by atoms with van der Waals surface area (Å²) in [5.41, 5.74) is 0.665. The number of aromatic amines is 1. The molecule has 0 spiro atoms. The molecule has 0 atom stereocenters. The molecular weight excluding hydrogens is 308 g/mol. The summed E-state index contributed by atoms with van der Waals surface area (Å²) in [5.74, 6) is -0.124. The largest absolute Gasteiger partial charge is 0.346 e. The minimum Gasteiger partial charge on any atom is -0.346 e. The Labute approximate surface area is 134 Å². The van der Waals surface area contributed by atoms with Gasteiger partial charge in [0.15, 0.2) is 0 Å². The molecule has 1 aromatic carbocycles. The van der Waals surface area contributed by atoms with E-state index in [2.05, 4.69) is 21.1 Å². The quantitative estimate of drug-likeness (QED) is 0.525. The number of pyridine rings is 1. The molecule has 5 rings (SSSR count). The highest BCUT2D eigenvalue weighted by atomic mass is 16.2. The van der Waals surface area contributed by atoms with Gasteiger partial charge in [-0.3, -0.25) is 4.79 Å². The highest BCUT2D eigenvalue weighted by molar-refractivity contribution is 6.19. The van der Waals surface area contributed by atoms with E-state index in [4.69, 9.17) is 5.26 Å². The van der Waals surface area contributed by atoms with Crippen molar-refractivity contribution in [3.05, 3.63) is 34.9 Å². The Morgan fingerprint density at radius 2 is 2.17 bits per heavy atom. The normalized spacial score (nSPS) is 15.2. The van der Waals surface area contributed by atoms with E-state index in [1.165, 1.54) is 10.9 Å². The van der Waals surface area contributed by atoms with Crippen molar-refractivity contribution >= 4 is 38.7 Å². The third-order valence-electron chi connectivity index (χ3n) is 4.56. The first-order chi connectivity index (χ1) is 11.7. The standard InChI is InChI=1S/C16H10N6O2/c17-3-8-5-21(6-8)16(24)22-7-11-9-1-2-18-15-12(9)10(4-19-15)14(23)13(11)20-22/h1-2,4,7-8H,5-6H2,(H,18,19). The summed E-state index contributed by atoms with van der Waals surface area (Å²) in [6.45, 7) is 0.793. The Kier molecular flexibility index (Phi) is 2.33. The zero-order valence-electron chi connectivity index (χ0n) is 12.4. The van der Waals surface area contributed by atoms with Crippen LogP contribution in [0.15, 0.2) is 29.5 Å². The van der Waals surface area contributed by atoms with Crippen LogP contribution >= 0.6 is 0 Å². The monoisotopic (exact) mass is 318 g/mol. The average molecular weight is 318 g/mol. The lowest BCUT2D eigenvalue weighted by molar-refractivity contribution is 0.143. The number of nitrogens with one attached hydrogen (secondary N) is 1. The van der Waals surface area contributed by atoms with E-state index in [1.54, 1.807) is 17.3 Å². The zero-order valence-corrected chi connectivity index (χ0v) is 12.4. The average Bonchev–Trinajstić information content (AvgIpc) is 3.17. The molecule has 1 aliphatic heterocycles. The third-order valence-corrected chi connectivity index (χ3v) is 4.56. The number of aromatic nitrogens is 4. The number of benzene rings is 1. The Balaban J connectivity index is 1.73. The Morgan fingerprint density at radius 3 is 2.96 bits per heavy atom. The van der Waals surface area contributed by atoms with Crippen molar-refractivity contribution in [3.8, 4) is 6.07 Å². The highest BCUT2D eigenvalue weighted by Gasteiger charge is 2.32. The SMILES string of the molecule is N#CC1CN(C(=O)n2cc3c(n2)c(=O)c2cnc4[nH]ccc3c42)C1. The Bertz CT molecular complexity index is 1220. The van der Waals surface area contributed by atoms with Crippen LogP contribution in [-0.4, -0.2) is 43.8 Å². The van der Waals surface area contributed by atoms with Gasteiger partial charge in [-0.15, -0.1) is 0 Å². The van der Waals surface area contributed by atoms with E-state index in [1.807, 2.05) is 6.07 Å². The molecular formula is C16H10N6O2. The van der Waals surface area contributed by atoms with Crippen molar-refractivity contribution < 1.29 is 4.79 Å². The summed E-state index contributed by atoms with van der Waals surface area (Å²) < 4.78 is 1.19. The minimum absolute atomic E-state index is 0.124. The van der Waals surface area contributed by atoms with Crippen molar-refractivity contribution in [2.75, 3.05) is 13.1 Å². The number of rotatable bonds is 0. The lowest BCUT2D eigenvalue weighted by atomic mass is 10.0. The van der Waals surface area contributed by atoms with Gasteiger partial charge in [0.2, 0.25) is 5.43 Å². The summed E-state index contributed by atoms with van der Waals surface area (Å²) in [4.78, 5) is 33.9. The summed E-state index contributed by atoms with van der Waals surface area (Å²) >= 11 is 0. The van der Waals surface area contributed by atoms with Gasteiger partial charge in [-0.05, 0) is 11.5 Å². The lowest BCUT2D eigenvalue weighted by Gasteiger charge is -2.34. The molecule has 116 valence electrons. The second kappa shape index (κ2) is 4.29. The van der Waals surface area contributed by atoms with Gasteiger partial charge in [-0.25, -0.2) is 9.78 Å². The molecule has 0 bridgehead atoms. The molecule has 0 radical (unpaired) electrons. The van der Waals surface area contributed by atoms with Crippen molar-refractivity contribution in [2.45, 2.75) is 0 Å². The number of hydrogen-bond donors (Lipinski definition) is 1. The van der Waals surface area contributed by atoms with Gasteiger partial charge >= 0.3 is 6.03 Å².